The summed E-state index contributed by atoms with van der Waals surface area (Å²) in [6.07, 6.45) is 6.17. The summed E-state index contributed by atoms with van der Waals surface area (Å²) in [5.41, 5.74) is 0. The lowest BCUT2D eigenvalue weighted by molar-refractivity contribution is 0.261. The van der Waals surface area contributed by atoms with Crippen LogP contribution in [0.2, 0.25) is 0 Å². The third kappa shape index (κ3) is 1.48. The van der Waals surface area contributed by atoms with Crippen molar-refractivity contribution in [2.45, 2.75) is 25.3 Å². The number of fused-ring (bicyclic) bond motifs is 2. The molecule has 1 nitrogen and oxygen atoms in total. The highest BCUT2D eigenvalue weighted by Gasteiger charge is 2.34. The van der Waals surface area contributed by atoms with Gasteiger partial charge in [-0.25, -0.2) is 0 Å². The van der Waals surface area contributed by atoms with Gasteiger partial charge in [0, 0.05) is 12.6 Å². The zero-order valence-electron chi connectivity index (χ0n) is 6.88. The van der Waals surface area contributed by atoms with Gasteiger partial charge < -0.3 is 4.90 Å². The Morgan fingerprint density at radius 3 is 2.20 bits per heavy atom. The molecule has 1 heterocycles. The van der Waals surface area contributed by atoms with E-state index in [2.05, 4.69) is 24.6 Å². The van der Waals surface area contributed by atoms with E-state index < -0.39 is 0 Å². The lowest BCUT2D eigenvalue weighted by Crippen LogP contribution is -2.27. The summed E-state index contributed by atoms with van der Waals surface area (Å²) in [6, 6.07) is 0.972. The Balaban J connectivity index is 0.000000231. The summed E-state index contributed by atoms with van der Waals surface area (Å²) in [7, 11) is 2.25. The van der Waals surface area contributed by atoms with Crippen molar-refractivity contribution in [2.24, 2.45) is 5.92 Å². The number of thiol groups is 1. The van der Waals surface area contributed by atoms with Crippen molar-refractivity contribution in [3.05, 3.63) is 0 Å². The number of hydrogen-bond donors (Lipinski definition) is 1. The van der Waals surface area contributed by atoms with Gasteiger partial charge in [0.05, 0.1) is 0 Å². The molecule has 1 saturated heterocycles. The molecule has 0 aromatic rings. The SMILES string of the molecule is CN1CC2CCC1C2.CS. The minimum absolute atomic E-state index is 0.972. The monoisotopic (exact) mass is 159 g/mol. The van der Waals surface area contributed by atoms with Gasteiger partial charge in [-0.15, -0.1) is 0 Å². The third-order valence-corrected chi connectivity index (χ3v) is 2.68. The predicted molar refractivity (Wildman–Crippen MR) is 48.7 cm³/mol. The van der Waals surface area contributed by atoms with E-state index in [9.17, 15) is 0 Å². The largest absolute Gasteiger partial charge is 0.303 e. The van der Waals surface area contributed by atoms with Crippen molar-refractivity contribution in [1.29, 1.82) is 0 Å². The van der Waals surface area contributed by atoms with E-state index in [1.54, 1.807) is 6.26 Å². The standard InChI is InChI=1S/C7H13N.CH4S/c1-8-5-6-2-3-7(8)4-6;1-2/h6-7H,2-5H2,1H3;2H,1H3. The van der Waals surface area contributed by atoms with Crippen LogP contribution in [0.5, 0.6) is 0 Å². The van der Waals surface area contributed by atoms with Gasteiger partial charge in [-0.2, -0.15) is 12.6 Å². The summed E-state index contributed by atoms with van der Waals surface area (Å²) in [5, 5.41) is 0. The van der Waals surface area contributed by atoms with Crippen LogP contribution < -0.4 is 0 Å². The van der Waals surface area contributed by atoms with E-state index in [1.165, 1.54) is 25.8 Å². The minimum Gasteiger partial charge on any atom is -0.303 e. The van der Waals surface area contributed by atoms with E-state index in [1.807, 2.05) is 0 Å². The Morgan fingerprint density at radius 2 is 2.00 bits per heavy atom. The molecule has 0 N–H and O–H groups in total. The fourth-order valence-electron chi connectivity index (χ4n) is 2.17. The first-order valence-electron chi connectivity index (χ1n) is 4.01. The highest BCUT2D eigenvalue weighted by atomic mass is 32.1. The molecule has 2 atom stereocenters. The van der Waals surface area contributed by atoms with Crippen LogP contribution in [0.25, 0.3) is 0 Å². The smallest absolute Gasteiger partial charge is 0.00955 e. The fourth-order valence-corrected chi connectivity index (χ4v) is 2.17. The van der Waals surface area contributed by atoms with E-state index >= 15 is 0 Å². The molecular weight excluding hydrogens is 142 g/mol. The molecule has 0 spiro atoms. The van der Waals surface area contributed by atoms with Crippen molar-refractivity contribution >= 4 is 12.6 Å². The normalized spacial score (nSPS) is 37.5. The molecule has 1 aliphatic heterocycles. The zero-order chi connectivity index (χ0) is 7.56. The summed E-state index contributed by atoms with van der Waals surface area (Å²) in [4.78, 5) is 2.51. The summed E-state index contributed by atoms with van der Waals surface area (Å²) < 4.78 is 0. The molecule has 2 rings (SSSR count). The molecule has 0 radical (unpaired) electrons. The Labute approximate surface area is 69.2 Å². The van der Waals surface area contributed by atoms with Crippen LogP contribution in [0.4, 0.5) is 0 Å². The second-order valence-electron chi connectivity index (χ2n) is 3.27. The van der Waals surface area contributed by atoms with E-state index in [4.69, 9.17) is 0 Å². The average molecular weight is 159 g/mol. The second-order valence-corrected chi connectivity index (χ2v) is 3.27. The number of hydrogen-bond acceptors (Lipinski definition) is 2. The van der Waals surface area contributed by atoms with Crippen molar-refractivity contribution in [1.82, 2.24) is 4.90 Å². The summed E-state index contributed by atoms with van der Waals surface area (Å²) in [5.74, 6) is 1.07. The molecule has 2 aliphatic rings. The molecule has 2 heteroatoms. The van der Waals surface area contributed by atoms with Gasteiger partial charge in [0.15, 0.2) is 0 Å². The van der Waals surface area contributed by atoms with Crippen LogP contribution in [0.3, 0.4) is 0 Å². The van der Waals surface area contributed by atoms with Gasteiger partial charge >= 0.3 is 0 Å². The molecule has 60 valence electrons. The quantitative estimate of drug-likeness (QED) is 0.526. The predicted octanol–water partition coefficient (Wildman–Crippen LogP) is 1.65. The first kappa shape index (κ1) is 8.41. The van der Waals surface area contributed by atoms with E-state index in [0.717, 1.165) is 12.0 Å². The van der Waals surface area contributed by atoms with Crippen LogP contribution in [0.15, 0.2) is 0 Å². The molecule has 0 aromatic heterocycles. The van der Waals surface area contributed by atoms with Gasteiger partial charge in [0.2, 0.25) is 0 Å². The Hall–Kier alpha value is 0.310. The zero-order valence-corrected chi connectivity index (χ0v) is 7.77. The van der Waals surface area contributed by atoms with Crippen molar-refractivity contribution < 1.29 is 0 Å². The van der Waals surface area contributed by atoms with Gasteiger partial charge in [-0.05, 0) is 38.5 Å². The topological polar surface area (TPSA) is 3.24 Å². The molecule has 2 unspecified atom stereocenters. The van der Waals surface area contributed by atoms with Crippen LogP contribution in [-0.4, -0.2) is 30.8 Å². The second kappa shape index (κ2) is 3.63. The maximum absolute atomic E-state index is 3.53. The Bertz CT molecular complexity index is 103. The molecule has 2 bridgehead atoms. The van der Waals surface area contributed by atoms with Crippen LogP contribution in [-0.2, 0) is 0 Å². The van der Waals surface area contributed by atoms with E-state index in [0.29, 0.717) is 0 Å². The third-order valence-electron chi connectivity index (χ3n) is 2.68. The number of likely N-dealkylation sites (tertiary alicyclic amines) is 1. The van der Waals surface area contributed by atoms with Crippen molar-refractivity contribution in [2.75, 3.05) is 19.8 Å². The Morgan fingerprint density at radius 1 is 1.30 bits per heavy atom. The highest BCUT2D eigenvalue weighted by molar-refractivity contribution is 7.79. The highest BCUT2D eigenvalue weighted by Crippen LogP contribution is 2.35. The molecule has 10 heavy (non-hydrogen) atoms. The van der Waals surface area contributed by atoms with Gasteiger partial charge in [-0.3, -0.25) is 0 Å². The first-order valence-corrected chi connectivity index (χ1v) is 4.90. The lowest BCUT2D eigenvalue weighted by Gasteiger charge is -2.20. The maximum atomic E-state index is 3.53. The van der Waals surface area contributed by atoms with Gasteiger partial charge in [0.25, 0.3) is 0 Å². The minimum atomic E-state index is 0.972. The van der Waals surface area contributed by atoms with E-state index in [-0.39, 0.29) is 0 Å². The molecule has 1 aliphatic carbocycles. The lowest BCUT2D eigenvalue weighted by atomic mass is 10.1. The summed E-state index contributed by atoms with van der Waals surface area (Å²) >= 11 is 3.53. The van der Waals surface area contributed by atoms with Crippen molar-refractivity contribution in [3.8, 4) is 0 Å². The van der Waals surface area contributed by atoms with Crippen molar-refractivity contribution in [3.63, 3.8) is 0 Å². The maximum Gasteiger partial charge on any atom is 0.00955 e. The van der Waals surface area contributed by atoms with Gasteiger partial charge in [-0.1, -0.05) is 0 Å². The van der Waals surface area contributed by atoms with Gasteiger partial charge in [0.1, 0.15) is 0 Å². The number of nitrogens with zero attached hydrogens (tertiary/aromatic N) is 1. The number of rotatable bonds is 0. The fraction of sp³-hybridized carbons (Fsp3) is 1.00. The average Bonchev–Trinajstić information content (AvgIpc) is 2.52. The molecule has 1 saturated carbocycles. The molecule has 2 fully saturated rings. The number of piperidine rings is 1. The molecular formula is C8H17NS. The van der Waals surface area contributed by atoms with Crippen LogP contribution >= 0.6 is 12.6 Å². The first-order chi connectivity index (χ1) is 4.86. The van der Waals surface area contributed by atoms with Crippen LogP contribution in [0.1, 0.15) is 19.3 Å². The Kier molecular flexibility index (Phi) is 3.05. The molecule has 0 amide bonds. The summed E-state index contributed by atoms with van der Waals surface area (Å²) in [6.45, 7) is 1.38. The van der Waals surface area contributed by atoms with Crippen LogP contribution in [0, 0.1) is 5.92 Å². The molecule has 0 aromatic carbocycles.